The van der Waals surface area contributed by atoms with Crippen LogP contribution in [0.4, 0.5) is 0 Å². The van der Waals surface area contributed by atoms with Crippen molar-refractivity contribution in [2.45, 2.75) is 39.6 Å². The summed E-state index contributed by atoms with van der Waals surface area (Å²) in [6, 6.07) is 9.89. The molecule has 0 saturated heterocycles. The summed E-state index contributed by atoms with van der Waals surface area (Å²) < 4.78 is 13.3. The number of fused-ring (bicyclic) bond motifs is 1. The van der Waals surface area contributed by atoms with Crippen LogP contribution in [0.2, 0.25) is 0 Å². The van der Waals surface area contributed by atoms with Crippen LogP contribution in [0.1, 0.15) is 27.7 Å². The van der Waals surface area contributed by atoms with Gasteiger partial charge in [0.25, 0.3) is 0 Å². The zero-order valence-electron chi connectivity index (χ0n) is 13.4. The lowest BCUT2D eigenvalue weighted by atomic mass is 10.0. The number of ether oxygens (including phenoxy) is 2. The Morgan fingerprint density at radius 2 is 2.18 bits per heavy atom. The highest BCUT2D eigenvalue weighted by Crippen LogP contribution is 2.29. The van der Waals surface area contributed by atoms with Gasteiger partial charge in [0.1, 0.15) is 11.9 Å². The Bertz CT molecular complexity index is 710. The molecule has 22 heavy (non-hydrogen) atoms. The minimum Gasteiger partial charge on any atom is -0.353 e. The molecule has 1 atom stereocenters. The Kier molecular flexibility index (Phi) is 4.96. The maximum atomic E-state index is 9.16. The maximum absolute atomic E-state index is 9.16. The SMILES string of the molecule is CCOC(C)OC(C)(C)C(=CC#N)n1cnc2ccccc21. The molecular formula is C17H21N3O2. The highest BCUT2D eigenvalue weighted by Gasteiger charge is 2.29. The molecule has 0 spiro atoms. The summed E-state index contributed by atoms with van der Waals surface area (Å²) in [5, 5.41) is 9.16. The first-order valence-corrected chi connectivity index (χ1v) is 7.31. The monoisotopic (exact) mass is 299 g/mol. The van der Waals surface area contributed by atoms with Crippen LogP contribution in [0, 0.1) is 11.3 Å². The van der Waals surface area contributed by atoms with Crippen molar-refractivity contribution in [3.05, 3.63) is 36.7 Å². The first-order chi connectivity index (χ1) is 10.5. The smallest absolute Gasteiger partial charge is 0.156 e. The van der Waals surface area contributed by atoms with Crippen molar-refractivity contribution >= 4 is 16.7 Å². The van der Waals surface area contributed by atoms with Gasteiger partial charge in [0.2, 0.25) is 0 Å². The lowest BCUT2D eigenvalue weighted by molar-refractivity contribution is -0.170. The van der Waals surface area contributed by atoms with E-state index in [-0.39, 0.29) is 6.29 Å². The van der Waals surface area contributed by atoms with Gasteiger partial charge in [-0.05, 0) is 39.8 Å². The van der Waals surface area contributed by atoms with E-state index in [2.05, 4.69) is 11.1 Å². The van der Waals surface area contributed by atoms with Gasteiger partial charge in [0.05, 0.1) is 22.8 Å². The van der Waals surface area contributed by atoms with E-state index in [9.17, 15) is 0 Å². The minimum atomic E-state index is -0.701. The number of hydrogen-bond acceptors (Lipinski definition) is 4. The minimum absolute atomic E-state index is 0.364. The Labute approximate surface area is 130 Å². The second kappa shape index (κ2) is 6.73. The van der Waals surface area contributed by atoms with Crippen LogP contribution in [0.15, 0.2) is 36.7 Å². The molecule has 0 N–H and O–H groups in total. The molecule has 1 aromatic heterocycles. The Hall–Kier alpha value is -2.16. The standard InChI is InChI=1S/C17H21N3O2/c1-5-21-13(2)22-17(3,4)16(10-11-18)20-12-19-14-8-6-7-9-15(14)20/h6-10,12-13H,5H2,1-4H3. The van der Waals surface area contributed by atoms with Crippen LogP contribution in [-0.2, 0) is 9.47 Å². The Morgan fingerprint density at radius 3 is 2.86 bits per heavy atom. The van der Waals surface area contributed by atoms with Crippen LogP contribution in [0.5, 0.6) is 0 Å². The number of nitrogens with zero attached hydrogens (tertiary/aromatic N) is 3. The van der Waals surface area contributed by atoms with E-state index < -0.39 is 5.60 Å². The molecule has 5 heteroatoms. The highest BCUT2D eigenvalue weighted by atomic mass is 16.7. The molecule has 0 amide bonds. The van der Waals surface area contributed by atoms with Crippen molar-refractivity contribution in [1.82, 2.24) is 9.55 Å². The number of para-hydroxylation sites is 2. The molecule has 1 heterocycles. The van der Waals surface area contributed by atoms with E-state index in [1.54, 1.807) is 6.33 Å². The second-order valence-corrected chi connectivity index (χ2v) is 5.41. The van der Waals surface area contributed by atoms with Gasteiger partial charge >= 0.3 is 0 Å². The fourth-order valence-electron chi connectivity index (χ4n) is 2.49. The predicted octanol–water partition coefficient (Wildman–Crippen LogP) is 3.58. The average Bonchev–Trinajstić information content (AvgIpc) is 2.88. The average molecular weight is 299 g/mol. The van der Waals surface area contributed by atoms with Crippen LogP contribution >= 0.6 is 0 Å². The molecule has 0 aliphatic rings. The molecule has 2 rings (SSSR count). The first kappa shape index (κ1) is 16.2. The fourth-order valence-corrected chi connectivity index (χ4v) is 2.49. The molecular weight excluding hydrogens is 278 g/mol. The topological polar surface area (TPSA) is 60.1 Å². The third-order valence-corrected chi connectivity index (χ3v) is 3.39. The third-order valence-electron chi connectivity index (χ3n) is 3.39. The zero-order valence-corrected chi connectivity index (χ0v) is 13.4. The van der Waals surface area contributed by atoms with Gasteiger partial charge in [-0.25, -0.2) is 4.98 Å². The van der Waals surface area contributed by atoms with Crippen LogP contribution in [0.3, 0.4) is 0 Å². The van der Waals surface area contributed by atoms with Crippen molar-refractivity contribution in [2.24, 2.45) is 0 Å². The van der Waals surface area contributed by atoms with Gasteiger partial charge in [0.15, 0.2) is 6.29 Å². The maximum Gasteiger partial charge on any atom is 0.156 e. The number of rotatable bonds is 6. The van der Waals surface area contributed by atoms with E-state index >= 15 is 0 Å². The van der Waals surface area contributed by atoms with Crippen LogP contribution in [0.25, 0.3) is 16.7 Å². The Balaban J connectivity index is 2.42. The van der Waals surface area contributed by atoms with Crippen LogP contribution < -0.4 is 0 Å². The summed E-state index contributed by atoms with van der Waals surface area (Å²) in [5.41, 5.74) is 1.83. The molecule has 0 aliphatic carbocycles. The zero-order chi connectivity index (χ0) is 16.2. The first-order valence-electron chi connectivity index (χ1n) is 7.31. The van der Waals surface area contributed by atoms with E-state index in [0.29, 0.717) is 6.61 Å². The molecule has 0 saturated carbocycles. The summed E-state index contributed by atoms with van der Waals surface area (Å²) >= 11 is 0. The van der Waals surface area contributed by atoms with E-state index in [1.165, 1.54) is 6.08 Å². The number of imidazole rings is 1. The normalized spacial score (nSPS) is 14.0. The number of aromatic nitrogens is 2. The lowest BCUT2D eigenvalue weighted by Gasteiger charge is -2.31. The fraction of sp³-hybridized carbons (Fsp3) is 0.412. The molecule has 0 fully saturated rings. The summed E-state index contributed by atoms with van der Waals surface area (Å²) in [5.74, 6) is 0. The van der Waals surface area contributed by atoms with Crippen molar-refractivity contribution in [3.8, 4) is 6.07 Å². The quantitative estimate of drug-likeness (QED) is 0.604. The van der Waals surface area contributed by atoms with Crippen LogP contribution in [-0.4, -0.2) is 28.0 Å². The molecule has 5 nitrogen and oxygen atoms in total. The third kappa shape index (κ3) is 3.35. The summed E-state index contributed by atoms with van der Waals surface area (Å²) in [4.78, 5) is 4.38. The molecule has 0 bridgehead atoms. The second-order valence-electron chi connectivity index (χ2n) is 5.41. The van der Waals surface area contributed by atoms with Gasteiger partial charge in [0, 0.05) is 12.7 Å². The van der Waals surface area contributed by atoms with E-state index in [4.69, 9.17) is 14.7 Å². The predicted molar refractivity (Wildman–Crippen MR) is 85.9 cm³/mol. The van der Waals surface area contributed by atoms with Gasteiger partial charge in [-0.15, -0.1) is 0 Å². The number of allylic oxidation sites excluding steroid dienone is 1. The Morgan fingerprint density at radius 1 is 1.45 bits per heavy atom. The van der Waals surface area contributed by atoms with E-state index in [1.807, 2.05) is 56.5 Å². The highest BCUT2D eigenvalue weighted by molar-refractivity contribution is 5.80. The summed E-state index contributed by atoms with van der Waals surface area (Å²) in [6.45, 7) is 8.17. The van der Waals surface area contributed by atoms with Crippen molar-refractivity contribution in [3.63, 3.8) is 0 Å². The van der Waals surface area contributed by atoms with Gasteiger partial charge in [-0.2, -0.15) is 5.26 Å². The largest absolute Gasteiger partial charge is 0.353 e. The molecule has 1 unspecified atom stereocenters. The lowest BCUT2D eigenvalue weighted by Crippen LogP contribution is -2.34. The molecule has 0 radical (unpaired) electrons. The molecule has 0 aliphatic heterocycles. The molecule has 116 valence electrons. The van der Waals surface area contributed by atoms with Gasteiger partial charge in [-0.3, -0.25) is 4.57 Å². The summed E-state index contributed by atoms with van der Waals surface area (Å²) in [6.07, 6.45) is 2.84. The van der Waals surface area contributed by atoms with Crippen molar-refractivity contribution < 1.29 is 9.47 Å². The van der Waals surface area contributed by atoms with Crippen molar-refractivity contribution in [2.75, 3.05) is 6.61 Å². The van der Waals surface area contributed by atoms with Crippen molar-refractivity contribution in [1.29, 1.82) is 5.26 Å². The van der Waals surface area contributed by atoms with E-state index in [0.717, 1.165) is 16.7 Å². The summed E-state index contributed by atoms with van der Waals surface area (Å²) in [7, 11) is 0. The van der Waals surface area contributed by atoms with Gasteiger partial charge < -0.3 is 9.47 Å². The molecule has 1 aromatic carbocycles. The molecule has 2 aromatic rings. The van der Waals surface area contributed by atoms with Gasteiger partial charge in [-0.1, -0.05) is 12.1 Å². The number of hydrogen-bond donors (Lipinski definition) is 0. The number of nitriles is 1. The number of benzene rings is 1.